The Morgan fingerprint density at radius 1 is 0.429 bits per heavy atom. The number of benzene rings is 7. The molecule has 0 bridgehead atoms. The number of rotatable bonds is 16. The number of H-pyrrole nitrogens is 1. The van der Waals surface area contributed by atoms with Crippen molar-refractivity contribution in [2.75, 3.05) is 54.0 Å². The number of aromatic nitrogens is 16. The van der Waals surface area contributed by atoms with E-state index in [4.69, 9.17) is 5.10 Å². The molecule has 5 aliphatic heterocycles. The second-order valence-corrected chi connectivity index (χ2v) is 35.5. The van der Waals surface area contributed by atoms with Gasteiger partial charge < -0.3 is 45.8 Å². The smallest absolute Gasteiger partial charge is 0.338 e. The van der Waals surface area contributed by atoms with E-state index in [1.165, 1.54) is 66.5 Å². The number of fused-ring (bicyclic) bond motifs is 5. The van der Waals surface area contributed by atoms with Crippen LogP contribution >= 0.6 is 0 Å². The summed E-state index contributed by atoms with van der Waals surface area (Å²) in [4.78, 5) is 67.9. The quantitative estimate of drug-likeness (QED) is 0.0444. The predicted octanol–water partition coefficient (Wildman–Crippen LogP) is 16.9. The van der Waals surface area contributed by atoms with E-state index in [9.17, 15) is 54.7 Å². The highest BCUT2D eigenvalue weighted by molar-refractivity contribution is 5.80. The van der Waals surface area contributed by atoms with Crippen LogP contribution in [0.25, 0.3) is 55.6 Å². The first kappa shape index (κ1) is 97.4. The van der Waals surface area contributed by atoms with Gasteiger partial charge in [-0.25, -0.2) is 13.5 Å². The zero-order valence-corrected chi connectivity index (χ0v) is 80.4. The second-order valence-electron chi connectivity index (χ2n) is 35.5. The summed E-state index contributed by atoms with van der Waals surface area (Å²) in [7, 11) is 13.1. The molecule has 15 aromatic rings. The molecule has 140 heavy (non-hydrogen) atoms. The molecule has 5 N–H and O–H groups in total. The van der Waals surface area contributed by atoms with Gasteiger partial charge in [0.25, 0.3) is 0 Å². The van der Waals surface area contributed by atoms with Gasteiger partial charge in [-0.2, -0.15) is 57.6 Å². The lowest BCUT2D eigenvalue weighted by atomic mass is 9.98. The molecule has 0 radical (unpaired) electrons. The highest BCUT2D eigenvalue weighted by atomic mass is 19.4. The number of aryl methyl sites for hydroxylation is 8. The number of anilines is 8. The first-order valence-electron chi connectivity index (χ1n) is 46.0. The number of amides is 5. The lowest BCUT2D eigenvalue weighted by Crippen LogP contribution is -2.41. The van der Waals surface area contributed by atoms with Gasteiger partial charge in [0.05, 0.1) is 55.7 Å². The average Bonchev–Trinajstić information content (AvgIpc) is 1.67. The summed E-state index contributed by atoms with van der Waals surface area (Å²) < 4.78 is 106. The Morgan fingerprint density at radius 2 is 0.843 bits per heavy atom. The van der Waals surface area contributed by atoms with Gasteiger partial charge in [0.1, 0.15) is 11.6 Å². The third-order valence-electron chi connectivity index (χ3n) is 26.2. The van der Waals surface area contributed by atoms with Gasteiger partial charge in [0.2, 0.25) is 35.2 Å². The first-order valence-corrected chi connectivity index (χ1v) is 46.0. The molecule has 0 spiro atoms. The summed E-state index contributed by atoms with van der Waals surface area (Å²) in [5.74, 6) is 2.99. The Labute approximate surface area is 805 Å². The molecule has 0 fully saturated rings. The maximum Gasteiger partial charge on any atom is 0.435 e. The molecule has 7 aromatic carbocycles. The number of carbonyl (C=O) groups excluding carboxylic acids is 5. The van der Waals surface area contributed by atoms with E-state index in [1.807, 2.05) is 177 Å². The Kier molecular flexibility index (Phi) is 28.7. The Hall–Kier alpha value is -15.7. The number of aromatic amines is 1. The molecule has 0 saturated carbocycles. The Bertz CT molecular complexity index is 7080. The fourth-order valence-corrected chi connectivity index (χ4v) is 18.5. The van der Waals surface area contributed by atoms with Gasteiger partial charge >= 0.3 is 12.7 Å². The van der Waals surface area contributed by atoms with E-state index in [1.54, 1.807) is 86.7 Å². The zero-order valence-electron chi connectivity index (χ0n) is 80.4. The van der Waals surface area contributed by atoms with Crippen molar-refractivity contribution in [1.29, 1.82) is 0 Å². The minimum absolute atomic E-state index is 0.0109. The summed E-state index contributed by atoms with van der Waals surface area (Å²) >= 11 is 0. The standard InChI is InChI=1S/C22H22FN3O.C21H21FN4O.C21H26N6O.C20H21F3N6O.C19H20F2N6O/c1-15(27)26-12-11-22-19(14-26)21(24-25(22)2)13-16-7-9-17(10-8-16)18-5-3-4-6-20(18)23;1-14(27)26-11-10-20-19(13-26)21(24-25(20)2)23-18-8-6-15(7-9-18)16-4-3-5-17(22)12-16;1-13-20(14(2)25(4)23-13)16-6-8-17(9-7-16)22-21-18-12-27(15(3)28)11-10-19(18)26(5)24-21;1-12(30)29-9-8-17-16(11-29)19(26-28(17)3)24-14-6-4-13(5-7-14)15-10-27(2)25-18(15)20(21,22)23;1-12(28)26-8-7-17-16(11-26)18(24-25(17)2)23-15-5-3-13(4-6-15)14-9-22-27(10-14)19(20)21/h3-10H,11-14H2,1-2H3;3-9,12H,10-11,13H2,1-2H3,(H,23,24);6-9H,10-12H2,1-5H3,(H,22,24);4-7,10H,8-9,11H2,1-3H3,(H,24,26);3-6,9-10,19H,7-8,11H2,1-2H3,(H,23,24)/p+1. The maximum absolute atomic E-state index is 14.0. The highest BCUT2D eigenvalue weighted by Crippen LogP contribution is 2.40. The van der Waals surface area contributed by atoms with E-state index in [2.05, 4.69) is 88.1 Å². The molecular weight excluding hydrogens is 1800 g/mol. The van der Waals surface area contributed by atoms with E-state index < -0.39 is 18.4 Å². The molecule has 0 atom stereocenters. The molecule has 8 aromatic heterocycles. The van der Waals surface area contributed by atoms with Crippen molar-refractivity contribution in [3.8, 4) is 55.6 Å². The molecule has 5 aliphatic rings. The van der Waals surface area contributed by atoms with Crippen LogP contribution in [-0.2, 0) is 151 Å². The number of halogens is 7. The number of alkyl halides is 5. The average molecular weight is 1910 g/mol. The van der Waals surface area contributed by atoms with Gasteiger partial charge in [0.15, 0.2) is 36.0 Å². The molecule has 0 saturated heterocycles. The van der Waals surface area contributed by atoms with Crippen LogP contribution in [0.5, 0.6) is 0 Å². The molecule has 0 aliphatic carbocycles. The molecule has 20 rings (SSSR count). The normalized spacial score (nSPS) is 13.6. The van der Waals surface area contributed by atoms with Crippen molar-refractivity contribution < 1.29 is 59.4 Å². The van der Waals surface area contributed by atoms with Gasteiger partial charge in [0, 0.05) is 256 Å². The molecule has 13 heterocycles. The predicted molar refractivity (Wildman–Crippen MR) is 519 cm³/mol. The lowest BCUT2D eigenvalue weighted by Gasteiger charge is -2.26. The van der Waals surface area contributed by atoms with Gasteiger partial charge in [-0.15, -0.1) is 9.78 Å². The lowest BCUT2D eigenvalue weighted by molar-refractivity contribution is -0.733. The first-order chi connectivity index (χ1) is 66.9. The van der Waals surface area contributed by atoms with Crippen LogP contribution in [0.1, 0.15) is 126 Å². The molecule has 0 unspecified atom stereocenters. The van der Waals surface area contributed by atoms with Crippen molar-refractivity contribution in [2.45, 2.75) is 132 Å². The van der Waals surface area contributed by atoms with E-state index >= 15 is 0 Å². The van der Waals surface area contributed by atoms with Crippen molar-refractivity contribution >= 4 is 75.6 Å². The summed E-state index contributed by atoms with van der Waals surface area (Å²) in [6.07, 6.45) is 4.28. The zero-order chi connectivity index (χ0) is 99.4. The SMILES string of the molecule is CC(=O)N1CCc2c(c(Cc3ccc(-c4ccccc4F)cc3)nn2C)C1.CC(=O)N1CCc2c(c(Nc3ccc(-c4c(C)nn(C)c4C)cc3)nn2C)C1.CC(=O)N1CCc2c(c(Nc3ccc(-c4cccc(F)c4)cc3)nn2C)C1.CC(=O)N1CCc2c(c(Nc3ccc(-c4cn(C)nc4C(F)(F)F)cc3)nn2C)C1.CC(=O)N1CCc2c(c(Nc3ccc(-c4cnn(C(F)F)c4)cc3)[nH][n+]2C)C1. The van der Waals surface area contributed by atoms with Crippen LogP contribution in [0.15, 0.2) is 188 Å². The Balaban J connectivity index is 0.000000126. The largest absolute Gasteiger partial charge is 0.435 e. The minimum atomic E-state index is -4.52. The summed E-state index contributed by atoms with van der Waals surface area (Å²) in [5.41, 5.74) is 25.5. The molecule has 30 nitrogen and oxygen atoms in total. The Morgan fingerprint density at radius 3 is 1.29 bits per heavy atom. The van der Waals surface area contributed by atoms with Gasteiger partial charge in [-0.3, -0.25) is 52.1 Å². The van der Waals surface area contributed by atoms with Crippen LogP contribution in [0.3, 0.4) is 0 Å². The molecule has 726 valence electrons. The minimum Gasteiger partial charge on any atom is -0.338 e. The molecule has 5 amide bonds. The van der Waals surface area contributed by atoms with Crippen LogP contribution in [-0.4, -0.2) is 160 Å². The van der Waals surface area contributed by atoms with Crippen LogP contribution in [0, 0.1) is 25.5 Å². The summed E-state index contributed by atoms with van der Waals surface area (Å²) in [5, 5.41) is 46.9. The van der Waals surface area contributed by atoms with Crippen LogP contribution in [0.2, 0.25) is 0 Å². The number of nitrogens with one attached hydrogen (secondary N) is 5. The highest BCUT2D eigenvalue weighted by Gasteiger charge is 2.38. The van der Waals surface area contributed by atoms with Gasteiger partial charge in [-0.05, 0) is 120 Å². The maximum atomic E-state index is 14.0. The van der Waals surface area contributed by atoms with Crippen molar-refractivity contribution in [3.05, 3.63) is 285 Å². The molecular formula is C103H111F7N25O5+. The summed E-state index contributed by atoms with van der Waals surface area (Å²) in [6.45, 7) is 15.9. The topological polar surface area (TPSA) is 294 Å². The summed E-state index contributed by atoms with van der Waals surface area (Å²) in [6, 6.07) is 51.6. The van der Waals surface area contributed by atoms with Gasteiger partial charge in [-0.1, -0.05) is 103 Å². The number of carbonyl (C=O) groups is 5. The number of nitrogens with zero attached hydrogens (tertiary/aromatic N) is 20. The third-order valence-corrected chi connectivity index (χ3v) is 26.2. The van der Waals surface area contributed by atoms with Crippen molar-refractivity contribution in [3.63, 3.8) is 0 Å². The van der Waals surface area contributed by atoms with E-state index in [-0.39, 0.29) is 46.7 Å². The van der Waals surface area contributed by atoms with E-state index in [0.717, 1.165) is 181 Å². The molecule has 37 heteroatoms. The fourth-order valence-electron chi connectivity index (χ4n) is 18.5. The second kappa shape index (κ2) is 41.3. The monoisotopic (exact) mass is 1910 g/mol. The van der Waals surface area contributed by atoms with E-state index in [0.29, 0.717) is 85.1 Å². The fraction of sp³-hybridized carbons (Fsp3) is 0.311. The van der Waals surface area contributed by atoms with Crippen LogP contribution in [0.4, 0.5) is 76.8 Å². The number of hydrogen-bond acceptors (Lipinski definition) is 16. The third kappa shape index (κ3) is 21.8. The number of hydrogen-bond donors (Lipinski definition) is 5. The van der Waals surface area contributed by atoms with Crippen LogP contribution < -0.4 is 25.9 Å². The van der Waals surface area contributed by atoms with Crippen molar-refractivity contribution in [1.82, 2.24) is 98.1 Å². The van der Waals surface area contributed by atoms with Crippen molar-refractivity contribution in [2.24, 2.45) is 49.3 Å².